The van der Waals surface area contributed by atoms with E-state index in [9.17, 15) is 12.6 Å². The van der Waals surface area contributed by atoms with Crippen molar-refractivity contribution in [3.8, 4) is 0 Å². The van der Waals surface area contributed by atoms with E-state index in [1.54, 1.807) is 0 Å². The van der Waals surface area contributed by atoms with Crippen LogP contribution in [-0.4, -0.2) is 32.4 Å². The van der Waals surface area contributed by atoms with Gasteiger partial charge in [0.2, 0.25) is 0 Å². The molecule has 0 aliphatic carbocycles. The number of rotatable bonds is 0. The Morgan fingerprint density at radius 2 is 1.33 bits per heavy atom. The topological polar surface area (TPSA) is 51.2 Å². The third-order valence-electron chi connectivity index (χ3n) is 0.152. The fourth-order valence-electron chi connectivity index (χ4n) is 0. The summed E-state index contributed by atoms with van der Waals surface area (Å²) in [4.78, 5) is 0. The van der Waals surface area contributed by atoms with Crippen molar-refractivity contribution in [3.63, 3.8) is 0 Å². The molecule has 0 aromatic rings. The van der Waals surface area contributed by atoms with Gasteiger partial charge in [0.1, 0.15) is 0 Å². The molecule has 0 aromatic heterocycles. The first-order valence-corrected chi connectivity index (χ1v) is 5.60. The van der Waals surface area contributed by atoms with Crippen molar-refractivity contribution in [2.24, 2.45) is 0 Å². The molecule has 0 spiro atoms. The summed E-state index contributed by atoms with van der Waals surface area (Å²) >= 11 is 0.923. The van der Waals surface area contributed by atoms with Gasteiger partial charge in [-0.05, 0) is 0 Å². The molecule has 0 bridgehead atoms. The van der Waals surface area contributed by atoms with Crippen LogP contribution < -0.4 is 0 Å². The van der Waals surface area contributed by atoms with Gasteiger partial charge in [0.05, 0.1) is 0 Å². The van der Waals surface area contributed by atoms with Crippen molar-refractivity contribution in [1.82, 2.24) is 0 Å². The summed E-state index contributed by atoms with van der Waals surface area (Å²) in [5.41, 5.74) is 0. The molecule has 0 amide bonds. The van der Waals surface area contributed by atoms with Gasteiger partial charge in [0, 0.05) is 0 Å². The van der Waals surface area contributed by atoms with E-state index in [2.05, 4.69) is 0 Å². The van der Waals surface area contributed by atoms with Crippen molar-refractivity contribution >= 4 is 35.2 Å². The summed E-state index contributed by atoms with van der Waals surface area (Å²) in [6.45, 7) is 0. The predicted octanol–water partition coefficient (Wildman–Crippen LogP) is -1.39. The van der Waals surface area contributed by atoms with E-state index in [0.29, 0.717) is 0 Å². The first kappa shape index (κ1) is 6.61. The number of hydrogen-bond donors (Lipinski definition) is 0. The molecule has 0 aromatic carbocycles. The Kier molecular flexibility index (Phi) is 3.00. The zero-order chi connectivity index (χ0) is 5.15. The van der Waals surface area contributed by atoms with Gasteiger partial charge in [-0.25, -0.2) is 0 Å². The van der Waals surface area contributed by atoms with E-state index in [4.69, 9.17) is 0 Å². The Balaban J connectivity index is 5.99. The molecule has 0 saturated heterocycles. The third kappa shape index (κ3) is 2.82. The van der Waals surface area contributed by atoms with Crippen molar-refractivity contribution in [2.45, 2.75) is 0 Å². The molecule has 0 unspecified atom stereocenters. The van der Waals surface area contributed by atoms with E-state index in [1.165, 1.54) is 0 Å². The van der Waals surface area contributed by atoms with Crippen molar-refractivity contribution in [3.05, 3.63) is 0 Å². The average molecular weight is 136 g/mol. The van der Waals surface area contributed by atoms with Crippen molar-refractivity contribution in [2.75, 3.05) is 0 Å². The Hall–Kier alpha value is 0.606. The minimum atomic E-state index is -2.38. The summed E-state index contributed by atoms with van der Waals surface area (Å²) < 4.78 is 28.5. The molecule has 6 heavy (non-hydrogen) atoms. The summed E-state index contributed by atoms with van der Waals surface area (Å²) in [6, 6.07) is 0. The third-order valence-corrected chi connectivity index (χ3v) is 3.10. The summed E-state index contributed by atoms with van der Waals surface area (Å²) in [5, 5.41) is 0. The molecular weight excluding hydrogens is 136 g/mol. The fraction of sp³-hybridized carbons (Fsp3) is 0. The first-order valence-electron chi connectivity index (χ1n) is 0.955. The van der Waals surface area contributed by atoms with Gasteiger partial charge in [-0.2, -0.15) is 0 Å². The Labute approximate surface area is 47.9 Å². The van der Waals surface area contributed by atoms with E-state index >= 15 is 0 Å². The van der Waals surface area contributed by atoms with Crippen LogP contribution in [0.2, 0.25) is 0 Å². The molecule has 0 aliphatic rings. The molecule has 0 N–H and O–H groups in total. The van der Waals surface area contributed by atoms with Crippen LogP contribution in [0.5, 0.6) is 0 Å². The second-order valence-electron chi connectivity index (χ2n) is 0.508. The Morgan fingerprint density at radius 3 is 1.33 bits per heavy atom. The van der Waals surface area contributed by atoms with Crippen LogP contribution in [-0.2, 0) is 15.4 Å². The van der Waals surface area contributed by atoms with Crippen LogP contribution in [0, 0.1) is 0 Å². The van der Waals surface area contributed by atoms with Crippen LogP contribution in [0.4, 0.5) is 0 Å². The van der Waals surface area contributed by atoms with Gasteiger partial charge in [0.15, 0.2) is 0 Å². The van der Waals surface area contributed by atoms with Crippen LogP contribution in [0.15, 0.2) is 0 Å². The summed E-state index contributed by atoms with van der Waals surface area (Å²) in [5.74, 6) is 0. The summed E-state index contributed by atoms with van der Waals surface area (Å²) in [6.07, 6.45) is -1.67. The summed E-state index contributed by atoms with van der Waals surface area (Å²) in [7, 11) is -2.38. The van der Waals surface area contributed by atoms with E-state index in [0.717, 1.165) is 19.8 Å². The van der Waals surface area contributed by atoms with Crippen LogP contribution >= 0.6 is 0 Å². The standard InChI is InChI=1S/Mg.O3S2/c;1-4-5(2)3. The van der Waals surface area contributed by atoms with E-state index in [1.807, 2.05) is 0 Å². The molecule has 0 saturated carbocycles. The van der Waals surface area contributed by atoms with Gasteiger partial charge in [-0.15, -0.1) is 0 Å². The average Bonchev–Trinajstić information content (AvgIpc) is 1.36. The normalized spacial score (nSPS) is 7.67. The predicted molar refractivity (Wildman–Crippen MR) is 22.8 cm³/mol. The molecule has 0 fully saturated rings. The molecule has 0 radical (unpaired) electrons. The zero-order valence-corrected chi connectivity index (χ0v) is 5.80. The van der Waals surface area contributed by atoms with Gasteiger partial charge in [-0.1, -0.05) is 0 Å². The van der Waals surface area contributed by atoms with Gasteiger partial charge < -0.3 is 0 Å². The van der Waals surface area contributed by atoms with Crippen molar-refractivity contribution < 1.29 is 12.6 Å². The van der Waals surface area contributed by atoms with E-state index in [-0.39, 0.29) is 0 Å². The quantitative estimate of drug-likeness (QED) is 0.386. The molecule has 3 nitrogen and oxygen atoms in total. The second kappa shape index (κ2) is 2.73. The van der Waals surface area contributed by atoms with E-state index < -0.39 is 15.4 Å². The van der Waals surface area contributed by atoms with Crippen LogP contribution in [0.3, 0.4) is 0 Å². The second-order valence-corrected chi connectivity index (χ2v) is 6.28. The molecule has 6 heteroatoms. The molecular formula is MgO3S2. The van der Waals surface area contributed by atoms with Gasteiger partial charge in [-0.3, -0.25) is 0 Å². The van der Waals surface area contributed by atoms with Gasteiger partial charge >= 0.3 is 47.9 Å². The Bertz CT molecular complexity index is 195. The maximum atomic E-state index is 9.65. The molecule has 0 aliphatic heterocycles. The molecule has 0 atom stereocenters. The molecule has 0 heterocycles. The van der Waals surface area contributed by atoms with Crippen LogP contribution in [0.25, 0.3) is 0 Å². The zero-order valence-electron chi connectivity index (χ0n) is 2.75. The monoisotopic (exact) mass is 136 g/mol. The number of hydrogen-bond acceptors (Lipinski definition) is 3. The first-order chi connectivity index (χ1) is 2.64. The van der Waals surface area contributed by atoms with Crippen molar-refractivity contribution in [1.29, 1.82) is 0 Å². The minimum absolute atomic E-state index is 0.923. The molecule has 0 rings (SSSR count). The molecule has 32 valence electrons. The SMILES string of the molecule is O=S(=O)=[S](=O)=[Mg]. The Morgan fingerprint density at radius 1 is 1.17 bits per heavy atom. The van der Waals surface area contributed by atoms with Crippen LogP contribution in [0.1, 0.15) is 0 Å². The maximum absolute atomic E-state index is 9.65. The van der Waals surface area contributed by atoms with Gasteiger partial charge in [0.25, 0.3) is 0 Å². The fourth-order valence-corrected chi connectivity index (χ4v) is 0.